The van der Waals surface area contributed by atoms with E-state index in [2.05, 4.69) is 0 Å². The minimum Gasteiger partial charge on any atom is -0.693 e. The van der Waals surface area contributed by atoms with Gasteiger partial charge in [-0.15, -0.1) is 5.34 Å². The van der Waals surface area contributed by atoms with Gasteiger partial charge in [0.05, 0.1) is 0 Å². The third-order valence-corrected chi connectivity index (χ3v) is 0.882. The van der Waals surface area contributed by atoms with Gasteiger partial charge in [0.1, 0.15) is 0 Å². The topological polar surface area (TPSA) is 200 Å². The van der Waals surface area contributed by atoms with Gasteiger partial charge in [0.25, 0.3) is 0 Å². The quantitative estimate of drug-likeness (QED) is 0.182. The van der Waals surface area contributed by atoms with Gasteiger partial charge in [0, 0.05) is 0 Å². The summed E-state index contributed by atoms with van der Waals surface area (Å²) in [7, 11) is 0. The molecule has 0 bridgehead atoms. The molecule has 1 rings (SSSR count). The molecule has 1 aromatic rings. The zero-order valence-electron chi connectivity index (χ0n) is 8.28. The summed E-state index contributed by atoms with van der Waals surface area (Å²) in [5, 5.41) is 26.3. The van der Waals surface area contributed by atoms with Crippen LogP contribution in [-0.2, 0) is 21.1 Å². The van der Waals surface area contributed by atoms with Crippen molar-refractivity contribution in [2.24, 2.45) is 5.34 Å². The largest absolute Gasteiger partial charge is 2.00 e. The van der Waals surface area contributed by atoms with Crippen LogP contribution in [0.4, 0.5) is 0 Å². The molecule has 0 aliphatic heterocycles. The molecule has 0 aromatic heterocycles. The van der Waals surface area contributed by atoms with Gasteiger partial charge in [-0.05, 0) is 12.1 Å². The summed E-state index contributed by atoms with van der Waals surface area (Å²) in [6, 6.07) is 6.15. The van der Waals surface area contributed by atoms with Crippen LogP contribution in [0, 0.1) is 10.1 Å². The van der Waals surface area contributed by atoms with E-state index in [0.717, 1.165) is 5.34 Å². The second-order valence-corrected chi connectivity index (χ2v) is 2.03. The van der Waals surface area contributed by atoms with E-state index in [-0.39, 0.29) is 44.9 Å². The van der Waals surface area contributed by atoms with Gasteiger partial charge in [-0.1, -0.05) is 12.1 Å². The van der Waals surface area contributed by atoms with Gasteiger partial charge in [-0.3, -0.25) is 0 Å². The average molecular weight is 492 g/mol. The first-order chi connectivity index (χ1) is 6.63. The zero-order valence-corrected chi connectivity index (χ0v) is 12.4. The Morgan fingerprint density at radius 2 is 1.24 bits per heavy atom. The van der Waals surface area contributed by atoms with Crippen LogP contribution < -0.4 is 0 Å². The van der Waals surface area contributed by atoms with Crippen molar-refractivity contribution in [2.75, 3.05) is 0 Å². The third-order valence-electron chi connectivity index (χ3n) is 0.882. The smallest absolute Gasteiger partial charge is 0.693 e. The fourth-order valence-electron chi connectivity index (χ4n) is 0.464. The molecule has 9 nitrogen and oxygen atoms in total. The van der Waals surface area contributed by atoms with Crippen LogP contribution in [0.5, 0.6) is 11.5 Å². The van der Waals surface area contributed by atoms with Gasteiger partial charge in [-0.2, -0.15) is 0 Å². The maximum atomic E-state index is 8.67. The van der Waals surface area contributed by atoms with Crippen molar-refractivity contribution in [3.8, 4) is 11.5 Å². The Morgan fingerprint density at radius 3 is 1.35 bits per heavy atom. The summed E-state index contributed by atoms with van der Waals surface area (Å²) in [5.41, 5.74) is 0. The van der Waals surface area contributed by atoms with Crippen molar-refractivity contribution in [2.45, 2.75) is 0 Å². The molecule has 0 fully saturated rings. The molecule has 0 aliphatic carbocycles. The van der Waals surface area contributed by atoms with Crippen LogP contribution in [0.1, 0.15) is 0 Å². The Balaban J connectivity index is -0.0000000470. The number of para-hydroxylation sites is 2. The average Bonchev–Trinajstić information content (AvgIpc) is 2.13. The molecule has 0 saturated carbocycles. The molecule has 0 aliphatic rings. The fourth-order valence-corrected chi connectivity index (χ4v) is 0.464. The Morgan fingerprint density at radius 1 is 1.06 bits per heavy atom. The summed E-state index contributed by atoms with van der Waals surface area (Å²) in [6.45, 7) is 0. The molecule has 0 atom stereocenters. The standard InChI is InChI=1S/C6H6O2.AsH2O2.HNO2.2H2N.Pt/c7-5-3-1-2-4-6(5)8;2*2-1-3;;;/h1-4,7-8H;2-3H;(H,2,3);2*1H2;/q;;;2*-1;+2/p-1. The molecule has 0 saturated heterocycles. The van der Waals surface area contributed by atoms with Gasteiger partial charge in [0.15, 0.2) is 11.5 Å². The molecule has 0 amide bonds. The minimum absolute atomic E-state index is 0. The number of phenols is 2. The Hall–Kier alpha value is -0.693. The molecule has 103 valence electrons. The molecule has 8 N–H and O–H groups in total. The van der Waals surface area contributed by atoms with Gasteiger partial charge < -0.3 is 32.6 Å². The number of hydrogen-bond acceptors (Lipinski definition) is 7. The van der Waals surface area contributed by atoms with Crippen LogP contribution >= 0.6 is 0 Å². The van der Waals surface area contributed by atoms with Gasteiger partial charge in [-0.25, -0.2) is 0 Å². The molecule has 0 heterocycles. The molecule has 0 unspecified atom stereocenters. The van der Waals surface area contributed by atoms with Gasteiger partial charge >= 0.3 is 45.7 Å². The van der Waals surface area contributed by atoms with E-state index >= 15 is 0 Å². The van der Waals surface area contributed by atoms with Crippen LogP contribution in [0.2, 0.25) is 0 Å². The van der Waals surface area contributed by atoms with E-state index in [1.54, 1.807) is 12.1 Å². The molecular weight excluding hydrogens is 480 g/mol. The summed E-state index contributed by atoms with van der Waals surface area (Å²) in [6.07, 6.45) is 0. The van der Waals surface area contributed by atoms with Crippen molar-refractivity contribution in [3.05, 3.63) is 46.7 Å². The molecule has 1 aromatic carbocycles. The molecule has 1 radical (unpaired) electrons. The SMILES string of the molecule is O=N[O-].O[As]O.Oc1ccccc1O.[NH2-].[NH2-].[Pt+2]. The van der Waals surface area contributed by atoms with E-state index in [0.29, 0.717) is 0 Å². The Labute approximate surface area is 119 Å². The number of benzene rings is 1. The first-order valence-corrected chi connectivity index (χ1v) is 4.72. The predicted molar refractivity (Wildman–Crippen MR) is 59.7 cm³/mol. The van der Waals surface area contributed by atoms with E-state index < -0.39 is 16.4 Å². The van der Waals surface area contributed by atoms with E-state index in [4.69, 9.17) is 28.5 Å². The van der Waals surface area contributed by atoms with Crippen molar-refractivity contribution in [3.63, 3.8) is 0 Å². The van der Waals surface area contributed by atoms with Crippen molar-refractivity contribution >= 4 is 16.4 Å². The van der Waals surface area contributed by atoms with Crippen LogP contribution in [0.15, 0.2) is 29.6 Å². The molecule has 17 heavy (non-hydrogen) atoms. The maximum Gasteiger partial charge on any atom is 2.00 e. The Bertz CT molecular complexity index is 236. The van der Waals surface area contributed by atoms with Crippen LogP contribution in [0.25, 0.3) is 12.3 Å². The maximum absolute atomic E-state index is 8.67. The minimum atomic E-state index is -1.31. The third kappa shape index (κ3) is 25.5. The Kier molecular flexibility index (Phi) is 43.1. The van der Waals surface area contributed by atoms with Crippen molar-refractivity contribution < 1.29 is 39.5 Å². The van der Waals surface area contributed by atoms with Gasteiger partial charge in [0.2, 0.25) is 0 Å². The van der Waals surface area contributed by atoms with Crippen LogP contribution in [0.3, 0.4) is 0 Å². The normalized spacial score (nSPS) is 6.00. The summed E-state index contributed by atoms with van der Waals surface area (Å²) < 4.78 is 14.4. The number of phenolic OH excluding ortho intramolecular Hbond substituents is 2. The van der Waals surface area contributed by atoms with Crippen molar-refractivity contribution in [1.82, 2.24) is 0 Å². The number of aromatic hydroxyl groups is 2. The second-order valence-electron chi connectivity index (χ2n) is 1.65. The summed E-state index contributed by atoms with van der Waals surface area (Å²) in [4.78, 5) is 8.00. The first-order valence-electron chi connectivity index (χ1n) is 3.04. The molecule has 0 spiro atoms. The predicted octanol–water partition coefficient (Wildman–Crippen LogP) is 1.29. The first kappa shape index (κ1) is 29.9. The summed E-state index contributed by atoms with van der Waals surface area (Å²) in [5.74, 6) is -0.153. The van der Waals surface area contributed by atoms with E-state index in [1.165, 1.54) is 12.1 Å². The second kappa shape index (κ2) is 24.5. The zero-order chi connectivity index (χ0) is 11.4. The molecule has 11 heteroatoms. The number of nitrogens with two attached hydrogens (primary N) is 2. The monoisotopic (exact) mass is 492 g/mol. The van der Waals surface area contributed by atoms with E-state index in [9.17, 15) is 0 Å². The molecular formula is C6H12AsN3O6Pt-. The number of hydrogen-bond donors (Lipinski definition) is 4. The van der Waals surface area contributed by atoms with Crippen LogP contribution in [-0.4, -0.2) is 34.8 Å². The summed E-state index contributed by atoms with van der Waals surface area (Å²) >= 11 is -1.31. The van der Waals surface area contributed by atoms with E-state index in [1.807, 2.05) is 0 Å². The number of rotatable bonds is 0. The fraction of sp³-hybridized carbons (Fsp3) is 0. The van der Waals surface area contributed by atoms with Crippen molar-refractivity contribution in [1.29, 1.82) is 0 Å². The number of nitrogens with zero attached hydrogens (tertiary/aromatic N) is 1.